The van der Waals surface area contributed by atoms with E-state index < -0.39 is 0 Å². The second-order valence-corrected chi connectivity index (χ2v) is 4.84. The SMILES string of the molecule is CC(C)Nc1c(N)nnc2ccc(Br)cc12. The molecular weight excluding hydrogens is 268 g/mol. The molecule has 2 rings (SSSR count). The number of nitrogens with zero attached hydrogens (tertiary/aromatic N) is 2. The monoisotopic (exact) mass is 280 g/mol. The van der Waals surface area contributed by atoms with Crippen LogP contribution < -0.4 is 11.1 Å². The first-order valence-electron chi connectivity index (χ1n) is 5.06. The number of fused-ring (bicyclic) bond motifs is 1. The second-order valence-electron chi connectivity index (χ2n) is 3.92. The summed E-state index contributed by atoms with van der Waals surface area (Å²) in [6.45, 7) is 4.12. The third-order valence-corrected chi connectivity index (χ3v) is 2.68. The largest absolute Gasteiger partial charge is 0.380 e. The zero-order valence-electron chi connectivity index (χ0n) is 9.16. The van der Waals surface area contributed by atoms with Crippen LogP contribution in [-0.4, -0.2) is 16.2 Å². The normalized spacial score (nSPS) is 11.0. The summed E-state index contributed by atoms with van der Waals surface area (Å²) in [5.41, 5.74) is 7.52. The van der Waals surface area contributed by atoms with Gasteiger partial charge in [-0.2, -0.15) is 0 Å². The van der Waals surface area contributed by atoms with Gasteiger partial charge in [0.2, 0.25) is 0 Å². The van der Waals surface area contributed by atoms with Crippen molar-refractivity contribution in [2.24, 2.45) is 0 Å². The maximum absolute atomic E-state index is 5.83. The van der Waals surface area contributed by atoms with E-state index in [1.165, 1.54) is 0 Å². The molecule has 1 aromatic carbocycles. The molecule has 0 saturated carbocycles. The number of nitrogens with one attached hydrogen (secondary N) is 1. The lowest BCUT2D eigenvalue weighted by Gasteiger charge is -2.13. The van der Waals surface area contributed by atoms with Crippen LogP contribution in [0.15, 0.2) is 22.7 Å². The molecule has 4 nitrogen and oxygen atoms in total. The van der Waals surface area contributed by atoms with Crippen molar-refractivity contribution in [3.8, 4) is 0 Å². The minimum absolute atomic E-state index is 0.300. The van der Waals surface area contributed by atoms with Gasteiger partial charge in [0.25, 0.3) is 0 Å². The highest BCUT2D eigenvalue weighted by molar-refractivity contribution is 9.10. The van der Waals surface area contributed by atoms with E-state index in [2.05, 4.69) is 45.3 Å². The Labute approximate surface area is 102 Å². The fourth-order valence-electron chi connectivity index (χ4n) is 1.53. The van der Waals surface area contributed by atoms with Crippen LogP contribution in [0.3, 0.4) is 0 Å². The summed E-state index contributed by atoms with van der Waals surface area (Å²) in [6, 6.07) is 6.14. The number of nitrogen functional groups attached to an aromatic ring is 1. The van der Waals surface area contributed by atoms with E-state index in [9.17, 15) is 0 Å². The van der Waals surface area contributed by atoms with E-state index in [-0.39, 0.29) is 0 Å². The highest BCUT2D eigenvalue weighted by Gasteiger charge is 2.09. The van der Waals surface area contributed by atoms with Crippen LogP contribution >= 0.6 is 15.9 Å². The lowest BCUT2D eigenvalue weighted by atomic mass is 10.2. The molecule has 0 bridgehead atoms. The summed E-state index contributed by atoms with van der Waals surface area (Å²) in [4.78, 5) is 0. The number of anilines is 2. The van der Waals surface area contributed by atoms with Gasteiger partial charge in [0.15, 0.2) is 5.82 Å². The number of hydrogen-bond acceptors (Lipinski definition) is 4. The van der Waals surface area contributed by atoms with Gasteiger partial charge in [-0.1, -0.05) is 15.9 Å². The van der Waals surface area contributed by atoms with Gasteiger partial charge in [-0.05, 0) is 32.0 Å². The van der Waals surface area contributed by atoms with Gasteiger partial charge in [0.1, 0.15) is 0 Å². The highest BCUT2D eigenvalue weighted by Crippen LogP contribution is 2.28. The predicted octanol–water partition coefficient (Wildman–Crippen LogP) is 2.79. The molecule has 5 heteroatoms. The lowest BCUT2D eigenvalue weighted by Crippen LogP contribution is -2.13. The zero-order chi connectivity index (χ0) is 11.7. The molecule has 0 amide bonds. The molecule has 0 radical (unpaired) electrons. The van der Waals surface area contributed by atoms with Gasteiger partial charge < -0.3 is 11.1 Å². The van der Waals surface area contributed by atoms with E-state index in [4.69, 9.17) is 5.73 Å². The van der Waals surface area contributed by atoms with Crippen molar-refractivity contribution in [2.75, 3.05) is 11.1 Å². The number of rotatable bonds is 2. The summed E-state index contributed by atoms with van der Waals surface area (Å²) in [5, 5.41) is 12.3. The van der Waals surface area contributed by atoms with Crippen LogP contribution in [0.5, 0.6) is 0 Å². The fraction of sp³-hybridized carbons (Fsp3) is 0.273. The van der Waals surface area contributed by atoms with E-state index in [1.54, 1.807) is 0 Å². The Hall–Kier alpha value is -1.36. The van der Waals surface area contributed by atoms with Crippen molar-refractivity contribution in [1.29, 1.82) is 0 Å². The van der Waals surface area contributed by atoms with Crippen LogP contribution in [0.4, 0.5) is 11.5 Å². The molecule has 0 unspecified atom stereocenters. The Kier molecular flexibility index (Phi) is 2.96. The minimum atomic E-state index is 0.300. The van der Waals surface area contributed by atoms with Crippen molar-refractivity contribution in [3.05, 3.63) is 22.7 Å². The Bertz CT molecular complexity index is 519. The molecule has 0 aliphatic heterocycles. The quantitative estimate of drug-likeness (QED) is 0.888. The number of halogens is 1. The first-order valence-corrected chi connectivity index (χ1v) is 5.85. The first kappa shape index (κ1) is 11.1. The summed E-state index contributed by atoms with van der Waals surface area (Å²) in [6.07, 6.45) is 0. The van der Waals surface area contributed by atoms with Crippen molar-refractivity contribution in [2.45, 2.75) is 19.9 Å². The molecule has 0 aliphatic carbocycles. The van der Waals surface area contributed by atoms with Crippen molar-refractivity contribution >= 4 is 38.3 Å². The van der Waals surface area contributed by atoms with Crippen LogP contribution in [0.2, 0.25) is 0 Å². The molecule has 1 aromatic heterocycles. The first-order chi connectivity index (χ1) is 7.58. The Morgan fingerprint density at radius 2 is 2.06 bits per heavy atom. The van der Waals surface area contributed by atoms with Gasteiger partial charge in [-0.15, -0.1) is 10.2 Å². The molecular formula is C11H13BrN4. The third kappa shape index (κ3) is 2.09. The van der Waals surface area contributed by atoms with Gasteiger partial charge in [-0.3, -0.25) is 0 Å². The number of aromatic nitrogens is 2. The minimum Gasteiger partial charge on any atom is -0.380 e. The van der Waals surface area contributed by atoms with Gasteiger partial charge in [-0.25, -0.2) is 0 Å². The summed E-state index contributed by atoms with van der Waals surface area (Å²) in [5.74, 6) is 0.430. The molecule has 0 spiro atoms. The smallest absolute Gasteiger partial charge is 0.170 e. The molecule has 84 valence electrons. The Morgan fingerprint density at radius 1 is 1.31 bits per heavy atom. The number of benzene rings is 1. The zero-order valence-corrected chi connectivity index (χ0v) is 10.7. The van der Waals surface area contributed by atoms with Crippen molar-refractivity contribution in [3.63, 3.8) is 0 Å². The molecule has 0 atom stereocenters. The average Bonchev–Trinajstić information content (AvgIpc) is 2.22. The standard InChI is InChI=1S/C11H13BrN4/c1-6(2)14-10-8-5-7(12)3-4-9(8)15-16-11(10)13/h3-6H,1-2H3,(H2,13,16)(H,14,15). The van der Waals surface area contributed by atoms with Crippen molar-refractivity contribution in [1.82, 2.24) is 10.2 Å². The van der Waals surface area contributed by atoms with Crippen LogP contribution in [0.1, 0.15) is 13.8 Å². The van der Waals surface area contributed by atoms with Gasteiger partial charge in [0, 0.05) is 15.9 Å². The van der Waals surface area contributed by atoms with E-state index in [0.717, 1.165) is 21.1 Å². The topological polar surface area (TPSA) is 63.8 Å². The predicted molar refractivity (Wildman–Crippen MR) is 70.4 cm³/mol. The van der Waals surface area contributed by atoms with Crippen LogP contribution in [0.25, 0.3) is 10.9 Å². The number of hydrogen-bond donors (Lipinski definition) is 2. The number of nitrogens with two attached hydrogens (primary N) is 1. The molecule has 0 saturated heterocycles. The molecule has 3 N–H and O–H groups in total. The third-order valence-electron chi connectivity index (χ3n) is 2.18. The van der Waals surface area contributed by atoms with Crippen molar-refractivity contribution < 1.29 is 0 Å². The van der Waals surface area contributed by atoms with E-state index in [1.807, 2.05) is 18.2 Å². The highest BCUT2D eigenvalue weighted by atomic mass is 79.9. The maximum Gasteiger partial charge on any atom is 0.170 e. The van der Waals surface area contributed by atoms with Gasteiger partial charge in [0.05, 0.1) is 11.2 Å². The Balaban J connectivity index is 2.67. The molecule has 2 aromatic rings. The second kappa shape index (κ2) is 4.25. The average molecular weight is 281 g/mol. The molecule has 16 heavy (non-hydrogen) atoms. The summed E-state index contributed by atoms with van der Waals surface area (Å²) < 4.78 is 0.999. The van der Waals surface area contributed by atoms with Crippen LogP contribution in [0, 0.1) is 0 Å². The summed E-state index contributed by atoms with van der Waals surface area (Å²) in [7, 11) is 0. The molecule has 0 aliphatic rings. The van der Waals surface area contributed by atoms with Crippen LogP contribution in [-0.2, 0) is 0 Å². The summed E-state index contributed by atoms with van der Waals surface area (Å²) >= 11 is 3.44. The van der Waals surface area contributed by atoms with E-state index in [0.29, 0.717) is 11.9 Å². The maximum atomic E-state index is 5.83. The molecule has 0 fully saturated rings. The van der Waals surface area contributed by atoms with E-state index >= 15 is 0 Å². The lowest BCUT2D eigenvalue weighted by molar-refractivity contribution is 0.898. The molecule has 1 heterocycles. The Morgan fingerprint density at radius 3 is 2.75 bits per heavy atom. The fourth-order valence-corrected chi connectivity index (χ4v) is 1.89. The van der Waals surface area contributed by atoms with Gasteiger partial charge >= 0.3 is 0 Å².